The Hall–Kier alpha value is -2.36. The highest BCUT2D eigenvalue weighted by Gasteiger charge is 2.53. The molecule has 0 aromatic heterocycles. The molecule has 1 unspecified atom stereocenters. The minimum absolute atomic E-state index is 0. The minimum atomic E-state index is 0. The summed E-state index contributed by atoms with van der Waals surface area (Å²) >= 11 is 0. The highest BCUT2D eigenvalue weighted by Crippen LogP contribution is 2.46. The van der Waals surface area contributed by atoms with Crippen LogP contribution < -0.4 is 4.90 Å². The smallest absolute Gasteiger partial charge is 0.229 e. The van der Waals surface area contributed by atoms with Crippen molar-refractivity contribution in [3.8, 4) is 0 Å². The quantitative estimate of drug-likeness (QED) is 0.511. The second-order valence-corrected chi connectivity index (χ2v) is 8.92. The minimum Gasteiger partial charge on any atom is -0.306 e. The lowest BCUT2D eigenvalue weighted by Gasteiger charge is -2.56. The molecule has 3 aromatic rings. The van der Waals surface area contributed by atoms with Crippen LogP contribution in [0.25, 0.3) is 10.8 Å². The molecule has 30 heavy (non-hydrogen) atoms. The van der Waals surface area contributed by atoms with Crippen molar-refractivity contribution < 1.29 is 4.79 Å². The number of piperidine rings is 1. The fraction of sp³-hybridized carbons (Fsp3) is 0.346. The van der Waals surface area contributed by atoms with Crippen LogP contribution in [0.5, 0.6) is 0 Å². The summed E-state index contributed by atoms with van der Waals surface area (Å²) in [6, 6.07) is 24.3. The summed E-state index contributed by atoms with van der Waals surface area (Å²) in [7, 11) is 0. The summed E-state index contributed by atoms with van der Waals surface area (Å²) < 4.78 is 0. The molecule has 3 aliphatic rings. The summed E-state index contributed by atoms with van der Waals surface area (Å²) in [5.41, 5.74) is 4.11. The van der Waals surface area contributed by atoms with Gasteiger partial charge in [-0.2, -0.15) is 0 Å². The SMILES string of the molecule is Cl.O=C1CC2(CCN(C3CCc4cccc5cccc3c45)CC2)N1c1ccccc1. The molecule has 1 spiro atoms. The molecule has 0 saturated carbocycles. The maximum absolute atomic E-state index is 12.5. The van der Waals surface area contributed by atoms with Crippen LogP contribution in [0.2, 0.25) is 0 Å². The van der Waals surface area contributed by atoms with Gasteiger partial charge < -0.3 is 4.90 Å². The van der Waals surface area contributed by atoms with E-state index in [1.54, 1.807) is 0 Å². The molecule has 1 aliphatic carbocycles. The summed E-state index contributed by atoms with van der Waals surface area (Å²) in [4.78, 5) is 17.2. The van der Waals surface area contributed by atoms with Gasteiger partial charge in [0.25, 0.3) is 0 Å². The number of aryl methyl sites for hydroxylation is 1. The average molecular weight is 419 g/mol. The van der Waals surface area contributed by atoms with E-state index in [1.165, 1.54) is 28.3 Å². The number of β-lactam (4-membered cyclic amide) rings is 1. The largest absolute Gasteiger partial charge is 0.306 e. The first kappa shape index (κ1) is 19.6. The molecule has 2 saturated heterocycles. The van der Waals surface area contributed by atoms with Crippen LogP contribution in [0.15, 0.2) is 66.7 Å². The molecule has 6 rings (SSSR count). The summed E-state index contributed by atoms with van der Waals surface area (Å²) in [6.45, 7) is 2.14. The number of carbonyl (C=O) groups excluding carboxylic acids is 1. The zero-order valence-electron chi connectivity index (χ0n) is 17.1. The molecule has 4 heteroatoms. The van der Waals surface area contributed by atoms with Crippen LogP contribution in [0, 0.1) is 0 Å². The van der Waals surface area contributed by atoms with Crippen molar-refractivity contribution in [1.29, 1.82) is 0 Å². The van der Waals surface area contributed by atoms with Gasteiger partial charge in [0.2, 0.25) is 5.91 Å². The van der Waals surface area contributed by atoms with E-state index < -0.39 is 0 Å². The highest BCUT2D eigenvalue weighted by molar-refractivity contribution is 6.02. The van der Waals surface area contributed by atoms with Gasteiger partial charge in [0.1, 0.15) is 0 Å². The van der Waals surface area contributed by atoms with Crippen LogP contribution in [0.3, 0.4) is 0 Å². The zero-order chi connectivity index (χ0) is 19.4. The zero-order valence-corrected chi connectivity index (χ0v) is 17.9. The fourth-order valence-corrected chi connectivity index (χ4v) is 6.02. The summed E-state index contributed by atoms with van der Waals surface area (Å²) in [5.74, 6) is 0.279. The second kappa shape index (κ2) is 7.40. The van der Waals surface area contributed by atoms with Gasteiger partial charge >= 0.3 is 0 Å². The number of hydrogen-bond donors (Lipinski definition) is 0. The monoisotopic (exact) mass is 418 g/mol. The van der Waals surface area contributed by atoms with Crippen LogP contribution >= 0.6 is 12.4 Å². The Labute approximate surface area is 184 Å². The number of para-hydroxylation sites is 1. The topological polar surface area (TPSA) is 23.6 Å². The van der Waals surface area contributed by atoms with Gasteiger partial charge in [0.05, 0.1) is 12.0 Å². The first-order valence-corrected chi connectivity index (χ1v) is 10.9. The number of halogens is 1. The Bertz CT molecular complexity index is 1080. The molecule has 2 fully saturated rings. The normalized spacial score (nSPS) is 22.6. The molecule has 2 heterocycles. The lowest BCUT2D eigenvalue weighted by Crippen LogP contribution is -2.67. The number of likely N-dealkylation sites (tertiary alicyclic amines) is 1. The van der Waals surface area contributed by atoms with E-state index in [1.807, 2.05) is 18.2 Å². The van der Waals surface area contributed by atoms with E-state index >= 15 is 0 Å². The fourth-order valence-electron chi connectivity index (χ4n) is 6.02. The van der Waals surface area contributed by atoms with Crippen LogP contribution in [-0.2, 0) is 11.2 Å². The lowest BCUT2D eigenvalue weighted by atomic mass is 9.74. The van der Waals surface area contributed by atoms with Crippen molar-refractivity contribution in [1.82, 2.24) is 4.90 Å². The standard InChI is InChI=1S/C26H26N2O.ClH/c29-24-18-26(28(24)21-9-2-1-3-10-21)14-16-27(17-15-26)23-13-12-20-7-4-6-19-8-5-11-22(23)25(19)20;/h1-11,23H,12-18H2;1H. The van der Waals surface area contributed by atoms with Crippen LogP contribution in [-0.4, -0.2) is 29.4 Å². The molecule has 154 valence electrons. The van der Waals surface area contributed by atoms with Gasteiger partial charge in [-0.25, -0.2) is 0 Å². The van der Waals surface area contributed by atoms with E-state index in [9.17, 15) is 4.79 Å². The third-order valence-electron chi connectivity index (χ3n) is 7.46. The number of amides is 1. The number of nitrogens with zero attached hydrogens (tertiary/aromatic N) is 2. The van der Waals surface area contributed by atoms with Crippen molar-refractivity contribution in [2.75, 3.05) is 18.0 Å². The molecule has 0 N–H and O–H groups in total. The van der Waals surface area contributed by atoms with Crippen LogP contribution in [0.4, 0.5) is 5.69 Å². The average Bonchev–Trinajstić information content (AvgIpc) is 2.76. The van der Waals surface area contributed by atoms with Crippen molar-refractivity contribution in [2.45, 2.75) is 43.7 Å². The molecule has 0 bridgehead atoms. The van der Waals surface area contributed by atoms with Crippen LogP contribution in [0.1, 0.15) is 42.9 Å². The predicted molar refractivity (Wildman–Crippen MR) is 124 cm³/mol. The number of carbonyl (C=O) groups is 1. The van der Waals surface area contributed by atoms with E-state index in [2.05, 4.69) is 58.3 Å². The number of hydrogen-bond acceptors (Lipinski definition) is 2. The first-order chi connectivity index (χ1) is 14.3. The molecular formula is C26H27ClN2O. The van der Waals surface area contributed by atoms with Gasteiger partial charge in [-0.3, -0.25) is 9.69 Å². The van der Waals surface area contributed by atoms with E-state index in [0.717, 1.165) is 38.0 Å². The molecule has 3 nitrogen and oxygen atoms in total. The number of benzene rings is 3. The Morgan fingerprint density at radius 2 is 1.60 bits per heavy atom. The third kappa shape index (κ3) is 2.87. The Kier molecular flexibility index (Phi) is 4.83. The van der Waals surface area contributed by atoms with E-state index in [0.29, 0.717) is 12.5 Å². The molecule has 1 atom stereocenters. The number of anilines is 1. The predicted octanol–water partition coefficient (Wildman–Crippen LogP) is 5.52. The van der Waals surface area contributed by atoms with Gasteiger partial charge in [0, 0.05) is 24.8 Å². The summed E-state index contributed by atoms with van der Waals surface area (Å²) in [5, 5.41) is 2.86. The maximum atomic E-state index is 12.5. The first-order valence-electron chi connectivity index (χ1n) is 10.9. The van der Waals surface area contributed by atoms with E-state index in [4.69, 9.17) is 0 Å². The lowest BCUT2D eigenvalue weighted by molar-refractivity contribution is -0.129. The third-order valence-corrected chi connectivity index (χ3v) is 7.46. The summed E-state index contributed by atoms with van der Waals surface area (Å²) in [6.07, 6.45) is 5.21. The van der Waals surface area contributed by atoms with Crippen molar-refractivity contribution in [3.63, 3.8) is 0 Å². The molecule has 1 amide bonds. The Balaban J connectivity index is 0.00000193. The molecular weight excluding hydrogens is 392 g/mol. The maximum Gasteiger partial charge on any atom is 0.229 e. The number of rotatable bonds is 2. The van der Waals surface area contributed by atoms with Gasteiger partial charge in [-0.15, -0.1) is 12.4 Å². The van der Waals surface area contributed by atoms with Gasteiger partial charge in [-0.1, -0.05) is 54.6 Å². The Morgan fingerprint density at radius 1 is 0.867 bits per heavy atom. The van der Waals surface area contributed by atoms with E-state index in [-0.39, 0.29) is 23.9 Å². The molecule has 3 aromatic carbocycles. The van der Waals surface area contributed by atoms with Crippen molar-refractivity contribution in [3.05, 3.63) is 77.9 Å². The van der Waals surface area contributed by atoms with Gasteiger partial charge in [0.15, 0.2) is 0 Å². The van der Waals surface area contributed by atoms with Gasteiger partial charge in [-0.05, 0) is 59.7 Å². The van der Waals surface area contributed by atoms with Crippen molar-refractivity contribution >= 4 is 34.8 Å². The molecule has 0 radical (unpaired) electrons. The van der Waals surface area contributed by atoms with Crippen molar-refractivity contribution in [2.24, 2.45) is 0 Å². The molecule has 2 aliphatic heterocycles. The highest BCUT2D eigenvalue weighted by atomic mass is 35.5. The second-order valence-electron chi connectivity index (χ2n) is 8.92. The Morgan fingerprint density at radius 3 is 2.33 bits per heavy atom.